The number of carbonyl (C=O) groups is 2. The molecule has 1 N–H and O–H groups in total. The average molecular weight is 438 g/mol. The molecular formula is C23H27N5O2S. The summed E-state index contributed by atoms with van der Waals surface area (Å²) < 4.78 is 2.04. The minimum atomic E-state index is -0.255. The molecular weight excluding hydrogens is 410 g/mol. The Morgan fingerprint density at radius 2 is 1.87 bits per heavy atom. The molecule has 1 aliphatic rings. The Morgan fingerprint density at radius 3 is 2.61 bits per heavy atom. The van der Waals surface area contributed by atoms with Crippen molar-refractivity contribution in [2.75, 3.05) is 24.2 Å². The number of amides is 2. The van der Waals surface area contributed by atoms with Gasteiger partial charge in [-0.15, -0.1) is 22.0 Å². The Morgan fingerprint density at radius 1 is 1.13 bits per heavy atom. The van der Waals surface area contributed by atoms with Gasteiger partial charge in [-0.2, -0.15) is 0 Å². The number of pyridine rings is 1. The zero-order valence-corrected chi connectivity index (χ0v) is 18.6. The third kappa shape index (κ3) is 5.07. The zero-order valence-electron chi connectivity index (χ0n) is 17.8. The number of piperidine rings is 1. The van der Waals surface area contributed by atoms with Crippen molar-refractivity contribution in [1.29, 1.82) is 0 Å². The topological polar surface area (TPSA) is 79.6 Å². The van der Waals surface area contributed by atoms with E-state index >= 15 is 0 Å². The number of carbonyl (C=O) groups excluding carboxylic acids is 2. The second-order valence-electron chi connectivity index (χ2n) is 7.95. The molecule has 7 nitrogen and oxygen atoms in total. The number of thioether (sulfide) groups is 1. The Kier molecular flexibility index (Phi) is 6.56. The maximum Gasteiger partial charge on any atom is 0.235 e. The van der Waals surface area contributed by atoms with Crippen molar-refractivity contribution in [3.63, 3.8) is 0 Å². The number of anilines is 1. The fourth-order valence-electron chi connectivity index (χ4n) is 3.86. The molecule has 3 heterocycles. The zero-order chi connectivity index (χ0) is 21.8. The molecule has 1 aliphatic heterocycles. The Labute approximate surface area is 186 Å². The van der Waals surface area contributed by atoms with Gasteiger partial charge in [0, 0.05) is 30.9 Å². The van der Waals surface area contributed by atoms with E-state index in [-0.39, 0.29) is 22.8 Å². The van der Waals surface area contributed by atoms with Crippen LogP contribution >= 0.6 is 11.8 Å². The van der Waals surface area contributed by atoms with Gasteiger partial charge in [-0.05, 0) is 51.0 Å². The van der Waals surface area contributed by atoms with Gasteiger partial charge in [0.15, 0.2) is 5.65 Å². The number of nitrogens with zero attached hydrogens (tertiary/aromatic N) is 4. The third-order valence-electron chi connectivity index (χ3n) is 5.66. The van der Waals surface area contributed by atoms with Gasteiger partial charge in [0.25, 0.3) is 0 Å². The normalized spacial score (nSPS) is 15.7. The lowest BCUT2D eigenvalue weighted by Gasteiger charge is -2.32. The van der Waals surface area contributed by atoms with Crippen molar-refractivity contribution in [1.82, 2.24) is 19.5 Å². The molecule has 2 aromatic heterocycles. The smallest absolute Gasteiger partial charge is 0.235 e. The molecule has 1 saturated heterocycles. The third-order valence-corrected chi connectivity index (χ3v) is 6.79. The molecule has 1 aromatic carbocycles. The van der Waals surface area contributed by atoms with E-state index in [0.717, 1.165) is 35.6 Å². The van der Waals surface area contributed by atoms with E-state index in [4.69, 9.17) is 0 Å². The first kappa shape index (κ1) is 21.4. The fraction of sp³-hybridized carbons (Fsp3) is 0.391. The van der Waals surface area contributed by atoms with Crippen molar-refractivity contribution < 1.29 is 9.59 Å². The van der Waals surface area contributed by atoms with E-state index < -0.39 is 0 Å². The number of fused-ring (bicyclic) bond motifs is 1. The van der Waals surface area contributed by atoms with Crippen molar-refractivity contribution in [2.45, 2.75) is 37.9 Å². The molecule has 3 aromatic rings. The first-order valence-corrected chi connectivity index (χ1v) is 11.6. The predicted molar refractivity (Wildman–Crippen MR) is 123 cm³/mol. The lowest BCUT2D eigenvalue weighted by Crippen LogP contribution is -2.42. The molecule has 2 amide bonds. The molecule has 162 valence electrons. The van der Waals surface area contributed by atoms with Gasteiger partial charge in [-0.3, -0.25) is 14.0 Å². The van der Waals surface area contributed by atoms with Crippen LogP contribution in [0.15, 0.2) is 48.7 Å². The van der Waals surface area contributed by atoms with Gasteiger partial charge >= 0.3 is 0 Å². The van der Waals surface area contributed by atoms with E-state index in [1.165, 1.54) is 11.8 Å². The molecule has 31 heavy (non-hydrogen) atoms. The maximum atomic E-state index is 12.9. The Bertz CT molecular complexity index is 1060. The van der Waals surface area contributed by atoms with Crippen LogP contribution in [0.4, 0.5) is 5.69 Å². The number of hydrogen-bond donors (Lipinski definition) is 1. The van der Waals surface area contributed by atoms with Crippen LogP contribution in [0.25, 0.3) is 5.65 Å². The largest absolute Gasteiger partial charge is 0.342 e. The minimum absolute atomic E-state index is 0.0918. The summed E-state index contributed by atoms with van der Waals surface area (Å²) in [4.78, 5) is 27.0. The van der Waals surface area contributed by atoms with Crippen molar-refractivity contribution >= 4 is 34.9 Å². The van der Waals surface area contributed by atoms with Gasteiger partial charge in [-0.1, -0.05) is 23.8 Å². The van der Waals surface area contributed by atoms with Crippen molar-refractivity contribution in [3.8, 4) is 0 Å². The van der Waals surface area contributed by atoms with Crippen LogP contribution in [0.2, 0.25) is 0 Å². The predicted octanol–water partition coefficient (Wildman–Crippen LogP) is 3.50. The summed E-state index contributed by atoms with van der Waals surface area (Å²) in [5.41, 5.74) is 2.77. The first-order valence-electron chi connectivity index (χ1n) is 10.6. The van der Waals surface area contributed by atoms with E-state index in [1.54, 1.807) is 0 Å². The summed E-state index contributed by atoms with van der Waals surface area (Å²) in [7, 11) is 0. The SMILES string of the molecule is Cc1ccc(NC(=O)CS[C@H](C)C(=O)N2CCC(c3nnc4ccccn34)CC2)cc1. The van der Waals surface area contributed by atoms with Crippen LogP contribution in [0, 0.1) is 6.92 Å². The Hall–Kier alpha value is -2.87. The van der Waals surface area contributed by atoms with E-state index in [9.17, 15) is 9.59 Å². The summed E-state index contributed by atoms with van der Waals surface area (Å²) in [6.45, 7) is 5.29. The van der Waals surface area contributed by atoms with E-state index in [0.29, 0.717) is 19.0 Å². The van der Waals surface area contributed by atoms with E-state index in [2.05, 4.69) is 15.5 Å². The summed E-state index contributed by atoms with van der Waals surface area (Å²) in [5, 5.41) is 11.2. The number of benzene rings is 1. The number of aromatic nitrogens is 3. The molecule has 1 fully saturated rings. The number of nitrogens with one attached hydrogen (secondary N) is 1. The van der Waals surface area contributed by atoms with Crippen LogP contribution in [0.5, 0.6) is 0 Å². The molecule has 8 heteroatoms. The summed E-state index contributed by atoms with van der Waals surface area (Å²) >= 11 is 1.38. The van der Waals surface area contributed by atoms with E-state index in [1.807, 2.05) is 71.8 Å². The highest BCUT2D eigenvalue weighted by molar-refractivity contribution is 8.01. The van der Waals surface area contributed by atoms with Gasteiger partial charge in [0.1, 0.15) is 5.82 Å². The highest BCUT2D eigenvalue weighted by atomic mass is 32.2. The molecule has 1 atom stereocenters. The van der Waals surface area contributed by atoms with Crippen LogP contribution in [0.3, 0.4) is 0 Å². The quantitative estimate of drug-likeness (QED) is 0.638. The fourth-order valence-corrected chi connectivity index (χ4v) is 4.62. The minimum Gasteiger partial charge on any atom is -0.342 e. The number of rotatable bonds is 6. The molecule has 0 radical (unpaired) electrons. The summed E-state index contributed by atoms with van der Waals surface area (Å²) in [6.07, 6.45) is 3.72. The molecule has 0 aliphatic carbocycles. The van der Waals surface area contributed by atoms with Crippen molar-refractivity contribution in [3.05, 3.63) is 60.0 Å². The van der Waals surface area contributed by atoms with Crippen molar-refractivity contribution in [2.24, 2.45) is 0 Å². The van der Waals surface area contributed by atoms with Crippen LogP contribution in [-0.2, 0) is 9.59 Å². The van der Waals surface area contributed by atoms with Crippen LogP contribution in [-0.4, -0.2) is 55.4 Å². The summed E-state index contributed by atoms with van der Waals surface area (Å²) in [6, 6.07) is 13.6. The number of aryl methyl sites for hydroxylation is 1. The highest BCUT2D eigenvalue weighted by Crippen LogP contribution is 2.28. The summed E-state index contributed by atoms with van der Waals surface area (Å²) in [5.74, 6) is 1.52. The first-order chi connectivity index (χ1) is 15.0. The Balaban J connectivity index is 1.25. The second kappa shape index (κ2) is 9.51. The lowest BCUT2D eigenvalue weighted by molar-refractivity contribution is -0.131. The maximum absolute atomic E-state index is 12.9. The second-order valence-corrected chi connectivity index (χ2v) is 9.28. The standard InChI is InChI=1S/C23H27N5O2S/c1-16-6-8-19(9-7-16)24-21(29)15-31-17(2)23(30)27-13-10-18(11-14-27)22-26-25-20-5-3-4-12-28(20)22/h3-9,12,17-18H,10-11,13-15H2,1-2H3,(H,24,29)/t17-/m1/s1. The number of likely N-dealkylation sites (tertiary alicyclic amines) is 1. The van der Waals surface area contributed by atoms with Gasteiger partial charge in [-0.25, -0.2) is 0 Å². The molecule has 0 bridgehead atoms. The lowest BCUT2D eigenvalue weighted by atomic mass is 9.96. The monoisotopic (exact) mass is 437 g/mol. The molecule has 0 unspecified atom stereocenters. The average Bonchev–Trinajstić information content (AvgIpc) is 3.23. The van der Waals surface area contributed by atoms with Crippen LogP contribution < -0.4 is 5.32 Å². The highest BCUT2D eigenvalue weighted by Gasteiger charge is 2.29. The number of hydrogen-bond acceptors (Lipinski definition) is 5. The van der Waals surface area contributed by atoms with Crippen LogP contribution in [0.1, 0.15) is 37.1 Å². The van der Waals surface area contributed by atoms with Gasteiger partial charge < -0.3 is 10.2 Å². The molecule has 4 rings (SSSR count). The molecule has 0 spiro atoms. The van der Waals surface area contributed by atoms with Gasteiger partial charge in [0.05, 0.1) is 11.0 Å². The molecule has 0 saturated carbocycles. The van der Waals surface area contributed by atoms with Gasteiger partial charge in [0.2, 0.25) is 11.8 Å².